The summed E-state index contributed by atoms with van der Waals surface area (Å²) in [4.78, 5) is 6.76. The number of rotatable bonds is 4. The Morgan fingerprint density at radius 3 is 2.59 bits per heavy atom. The van der Waals surface area contributed by atoms with Gasteiger partial charge in [-0.3, -0.25) is 0 Å². The van der Waals surface area contributed by atoms with Gasteiger partial charge >= 0.3 is 0 Å². The van der Waals surface area contributed by atoms with Crippen LogP contribution >= 0.6 is 0 Å². The number of nitrogens with two attached hydrogens (primary N) is 1. The largest absolute Gasteiger partial charge is 0.356 e. The van der Waals surface area contributed by atoms with E-state index in [1.54, 1.807) is 0 Å². The maximum absolute atomic E-state index is 5.65. The second-order valence-electron chi connectivity index (χ2n) is 5.68. The lowest BCUT2D eigenvalue weighted by Crippen LogP contribution is -2.40. The van der Waals surface area contributed by atoms with E-state index in [0.29, 0.717) is 12.6 Å². The normalized spacial score (nSPS) is 13.5. The molecule has 1 rings (SSSR count). The second-order valence-corrected chi connectivity index (χ2v) is 5.68. The van der Waals surface area contributed by atoms with Gasteiger partial charge in [0, 0.05) is 19.3 Å². The van der Waals surface area contributed by atoms with Gasteiger partial charge in [-0.05, 0) is 36.9 Å². The van der Waals surface area contributed by atoms with Crippen molar-refractivity contribution in [3.05, 3.63) is 23.9 Å². The van der Waals surface area contributed by atoms with Crippen molar-refractivity contribution in [2.75, 3.05) is 18.5 Å². The summed E-state index contributed by atoms with van der Waals surface area (Å²) in [5, 5.41) is 0. The zero-order valence-corrected chi connectivity index (χ0v) is 11.7. The molecule has 17 heavy (non-hydrogen) atoms. The van der Waals surface area contributed by atoms with Crippen LogP contribution in [0.3, 0.4) is 0 Å². The van der Waals surface area contributed by atoms with Crippen molar-refractivity contribution in [2.45, 2.75) is 40.2 Å². The predicted octanol–water partition coefficient (Wildman–Crippen LogP) is 2.45. The molecule has 0 spiro atoms. The summed E-state index contributed by atoms with van der Waals surface area (Å²) < 4.78 is 0. The van der Waals surface area contributed by atoms with Gasteiger partial charge in [0.1, 0.15) is 5.82 Å². The van der Waals surface area contributed by atoms with Crippen LogP contribution in [-0.4, -0.2) is 24.6 Å². The topological polar surface area (TPSA) is 42.2 Å². The Labute approximate surface area is 105 Å². The van der Waals surface area contributed by atoms with Gasteiger partial charge in [0.2, 0.25) is 0 Å². The lowest BCUT2D eigenvalue weighted by Gasteiger charge is -2.37. The van der Waals surface area contributed by atoms with E-state index in [4.69, 9.17) is 5.73 Å². The third-order valence-corrected chi connectivity index (χ3v) is 3.45. The fraction of sp³-hybridized carbons (Fsp3) is 0.643. The third kappa shape index (κ3) is 3.43. The van der Waals surface area contributed by atoms with Crippen LogP contribution in [-0.2, 0) is 6.42 Å². The summed E-state index contributed by atoms with van der Waals surface area (Å²) in [6.45, 7) is 9.65. The Bertz CT molecular complexity index is 355. The quantitative estimate of drug-likeness (QED) is 0.871. The molecule has 0 radical (unpaired) electrons. The molecule has 0 aliphatic heterocycles. The zero-order chi connectivity index (χ0) is 13.1. The van der Waals surface area contributed by atoms with Gasteiger partial charge in [-0.25, -0.2) is 4.98 Å². The summed E-state index contributed by atoms with van der Waals surface area (Å²) >= 11 is 0. The molecule has 1 heterocycles. The maximum Gasteiger partial charge on any atom is 0.131 e. The van der Waals surface area contributed by atoms with Gasteiger partial charge in [0.05, 0.1) is 0 Å². The van der Waals surface area contributed by atoms with Gasteiger partial charge < -0.3 is 10.6 Å². The van der Waals surface area contributed by atoms with E-state index < -0.39 is 0 Å². The van der Waals surface area contributed by atoms with Crippen LogP contribution in [0.4, 0.5) is 5.82 Å². The third-order valence-electron chi connectivity index (χ3n) is 3.45. The number of nitrogens with zero attached hydrogens (tertiary/aromatic N) is 2. The molecule has 0 bridgehead atoms. The Hall–Kier alpha value is -1.09. The molecule has 1 unspecified atom stereocenters. The molecular formula is C14H25N3. The SMILES string of the molecule is CC(N(C)c1ncccc1CCN)C(C)(C)C. The molecule has 1 atom stereocenters. The Morgan fingerprint density at radius 2 is 2.06 bits per heavy atom. The van der Waals surface area contributed by atoms with Crippen LogP contribution in [0.15, 0.2) is 18.3 Å². The van der Waals surface area contributed by atoms with E-state index in [0.717, 1.165) is 12.2 Å². The average Bonchev–Trinajstić information content (AvgIpc) is 2.27. The second kappa shape index (κ2) is 5.50. The van der Waals surface area contributed by atoms with Crippen molar-refractivity contribution in [3.8, 4) is 0 Å². The van der Waals surface area contributed by atoms with Crippen molar-refractivity contribution in [3.63, 3.8) is 0 Å². The van der Waals surface area contributed by atoms with Crippen LogP contribution in [0.5, 0.6) is 0 Å². The Kier molecular flexibility index (Phi) is 4.52. The van der Waals surface area contributed by atoms with Gasteiger partial charge in [-0.2, -0.15) is 0 Å². The number of anilines is 1. The first-order chi connectivity index (χ1) is 7.88. The number of hydrogen-bond acceptors (Lipinski definition) is 3. The smallest absolute Gasteiger partial charge is 0.131 e. The van der Waals surface area contributed by atoms with Crippen LogP contribution < -0.4 is 10.6 Å². The minimum atomic E-state index is 0.228. The summed E-state index contributed by atoms with van der Waals surface area (Å²) in [5.74, 6) is 1.06. The number of pyridine rings is 1. The van der Waals surface area contributed by atoms with E-state index in [-0.39, 0.29) is 5.41 Å². The van der Waals surface area contributed by atoms with Gasteiger partial charge in [0.25, 0.3) is 0 Å². The molecule has 0 fully saturated rings. The standard InChI is InChI=1S/C14H25N3/c1-11(14(2,3)4)17(5)13-12(8-9-15)7-6-10-16-13/h6-7,10-11H,8-9,15H2,1-5H3. The highest BCUT2D eigenvalue weighted by Gasteiger charge is 2.25. The molecule has 1 aromatic heterocycles. The van der Waals surface area contributed by atoms with Crippen molar-refractivity contribution in [2.24, 2.45) is 11.1 Å². The van der Waals surface area contributed by atoms with E-state index in [1.165, 1.54) is 5.56 Å². The van der Waals surface area contributed by atoms with Crippen molar-refractivity contribution in [1.82, 2.24) is 4.98 Å². The fourth-order valence-corrected chi connectivity index (χ4v) is 1.86. The first-order valence-corrected chi connectivity index (χ1v) is 6.24. The van der Waals surface area contributed by atoms with Gasteiger partial charge in [-0.1, -0.05) is 26.8 Å². The first-order valence-electron chi connectivity index (χ1n) is 6.24. The molecule has 3 heteroatoms. The predicted molar refractivity (Wildman–Crippen MR) is 74.3 cm³/mol. The maximum atomic E-state index is 5.65. The molecule has 2 N–H and O–H groups in total. The van der Waals surface area contributed by atoms with E-state index in [2.05, 4.69) is 50.7 Å². The van der Waals surface area contributed by atoms with Gasteiger partial charge in [0.15, 0.2) is 0 Å². The molecule has 0 saturated carbocycles. The minimum Gasteiger partial charge on any atom is -0.356 e. The molecule has 96 valence electrons. The molecular weight excluding hydrogens is 210 g/mol. The lowest BCUT2D eigenvalue weighted by atomic mass is 9.87. The minimum absolute atomic E-state index is 0.228. The molecule has 0 aliphatic rings. The van der Waals surface area contributed by atoms with Crippen molar-refractivity contribution >= 4 is 5.82 Å². The fourth-order valence-electron chi connectivity index (χ4n) is 1.86. The molecule has 0 aliphatic carbocycles. The Morgan fingerprint density at radius 1 is 1.41 bits per heavy atom. The summed E-state index contributed by atoms with van der Waals surface area (Å²) in [7, 11) is 2.11. The number of aromatic nitrogens is 1. The average molecular weight is 235 g/mol. The lowest BCUT2D eigenvalue weighted by molar-refractivity contribution is 0.328. The highest BCUT2D eigenvalue weighted by molar-refractivity contribution is 5.47. The van der Waals surface area contributed by atoms with Crippen LogP contribution in [0.2, 0.25) is 0 Å². The molecule has 0 amide bonds. The highest BCUT2D eigenvalue weighted by atomic mass is 15.2. The molecule has 0 saturated heterocycles. The summed E-state index contributed by atoms with van der Waals surface area (Å²) in [5.41, 5.74) is 7.10. The van der Waals surface area contributed by atoms with Crippen LogP contribution in [0.1, 0.15) is 33.3 Å². The zero-order valence-electron chi connectivity index (χ0n) is 11.7. The Balaban J connectivity index is 2.99. The molecule has 0 aromatic carbocycles. The summed E-state index contributed by atoms with van der Waals surface area (Å²) in [6.07, 6.45) is 2.73. The first kappa shape index (κ1) is 14.0. The van der Waals surface area contributed by atoms with Gasteiger partial charge in [-0.15, -0.1) is 0 Å². The van der Waals surface area contributed by atoms with Crippen LogP contribution in [0, 0.1) is 5.41 Å². The van der Waals surface area contributed by atoms with E-state index in [9.17, 15) is 0 Å². The molecule has 3 nitrogen and oxygen atoms in total. The van der Waals surface area contributed by atoms with Crippen molar-refractivity contribution in [1.29, 1.82) is 0 Å². The number of hydrogen-bond donors (Lipinski definition) is 1. The molecule has 1 aromatic rings. The van der Waals surface area contributed by atoms with Crippen molar-refractivity contribution < 1.29 is 0 Å². The highest BCUT2D eigenvalue weighted by Crippen LogP contribution is 2.27. The van der Waals surface area contributed by atoms with E-state index >= 15 is 0 Å². The van der Waals surface area contributed by atoms with E-state index in [1.807, 2.05) is 12.3 Å². The van der Waals surface area contributed by atoms with Crippen LogP contribution in [0.25, 0.3) is 0 Å². The monoisotopic (exact) mass is 235 g/mol. The summed E-state index contributed by atoms with van der Waals surface area (Å²) in [6, 6.07) is 4.51.